The van der Waals surface area contributed by atoms with E-state index in [2.05, 4.69) is 22.8 Å². The second kappa shape index (κ2) is 6.00. The number of aryl methyl sites for hydroxylation is 2. The maximum atomic E-state index is 13.4. The number of rotatable bonds is 5. The lowest BCUT2D eigenvalue weighted by Crippen LogP contribution is -2.17. The summed E-state index contributed by atoms with van der Waals surface area (Å²) in [6, 6.07) is 9.05. The highest BCUT2D eigenvalue weighted by Crippen LogP contribution is 2.32. The Morgan fingerprint density at radius 2 is 2.19 bits per heavy atom. The zero-order valence-corrected chi connectivity index (χ0v) is 13.0. The summed E-state index contributed by atoms with van der Waals surface area (Å²) in [5, 5.41) is 6.27. The first kappa shape index (κ1) is 14.3. The van der Waals surface area contributed by atoms with Gasteiger partial charge in [0.15, 0.2) is 0 Å². The lowest BCUT2D eigenvalue weighted by Gasteiger charge is -2.14. The second-order valence-corrected chi connectivity index (χ2v) is 6.22. The fourth-order valence-corrected chi connectivity index (χ4v) is 3.42. The lowest BCUT2D eigenvalue weighted by molar-refractivity contribution is 0.431. The Bertz CT molecular complexity index is 733. The summed E-state index contributed by atoms with van der Waals surface area (Å²) in [5.74, 6) is 0.687. The summed E-state index contributed by atoms with van der Waals surface area (Å²) in [6.07, 6.45) is 1.97. The third-order valence-corrected chi connectivity index (χ3v) is 4.80. The van der Waals surface area contributed by atoms with Crippen LogP contribution in [0.25, 0.3) is 11.0 Å². The number of nitrogens with one attached hydrogen (secondary N) is 1. The Kier molecular flexibility index (Phi) is 4.08. The number of furan rings is 1. The van der Waals surface area contributed by atoms with E-state index in [0.717, 1.165) is 35.1 Å². The number of benzene rings is 1. The van der Waals surface area contributed by atoms with Crippen LogP contribution in [0.3, 0.4) is 0 Å². The van der Waals surface area contributed by atoms with Gasteiger partial charge in [-0.05, 0) is 56.5 Å². The highest BCUT2D eigenvalue weighted by atomic mass is 32.1. The molecule has 0 saturated carbocycles. The molecule has 110 valence electrons. The predicted octanol–water partition coefficient (Wildman–Crippen LogP) is 4.84. The summed E-state index contributed by atoms with van der Waals surface area (Å²) >= 11 is 1.77. The molecule has 0 aliphatic heterocycles. The van der Waals surface area contributed by atoms with Crippen molar-refractivity contribution < 1.29 is 8.81 Å². The van der Waals surface area contributed by atoms with Gasteiger partial charge in [-0.25, -0.2) is 4.39 Å². The number of thiophene rings is 1. The molecule has 0 fully saturated rings. The molecule has 2 nitrogen and oxygen atoms in total. The van der Waals surface area contributed by atoms with Crippen molar-refractivity contribution in [2.24, 2.45) is 0 Å². The van der Waals surface area contributed by atoms with E-state index in [4.69, 9.17) is 4.42 Å². The summed E-state index contributed by atoms with van der Waals surface area (Å²) in [6.45, 7) is 2.00. The molecule has 0 spiro atoms. The minimum absolute atomic E-state index is 0.141. The molecule has 2 aromatic heterocycles. The first-order chi connectivity index (χ1) is 10.2. The third-order valence-electron chi connectivity index (χ3n) is 3.86. The number of halogens is 1. The zero-order valence-electron chi connectivity index (χ0n) is 12.2. The van der Waals surface area contributed by atoms with Gasteiger partial charge in [-0.2, -0.15) is 0 Å². The van der Waals surface area contributed by atoms with Crippen molar-refractivity contribution in [2.75, 3.05) is 7.05 Å². The van der Waals surface area contributed by atoms with Crippen LogP contribution in [0.1, 0.15) is 28.7 Å². The predicted molar refractivity (Wildman–Crippen MR) is 85.3 cm³/mol. The third kappa shape index (κ3) is 2.87. The van der Waals surface area contributed by atoms with Gasteiger partial charge in [0, 0.05) is 15.8 Å². The van der Waals surface area contributed by atoms with Gasteiger partial charge in [0.05, 0.1) is 6.04 Å². The van der Waals surface area contributed by atoms with Crippen LogP contribution in [0.5, 0.6) is 0 Å². The van der Waals surface area contributed by atoms with E-state index >= 15 is 0 Å². The van der Waals surface area contributed by atoms with Gasteiger partial charge in [0.1, 0.15) is 17.2 Å². The molecule has 21 heavy (non-hydrogen) atoms. The van der Waals surface area contributed by atoms with E-state index in [9.17, 15) is 4.39 Å². The summed E-state index contributed by atoms with van der Waals surface area (Å²) in [4.78, 5) is 1.37. The SMILES string of the molecule is CNC(CCc1cccs1)c1oc2ccc(F)cc2c1C. The molecule has 2 heterocycles. The Morgan fingerprint density at radius 1 is 1.33 bits per heavy atom. The van der Waals surface area contributed by atoms with Gasteiger partial charge in [0.2, 0.25) is 0 Å². The van der Waals surface area contributed by atoms with Gasteiger partial charge in [-0.3, -0.25) is 0 Å². The maximum Gasteiger partial charge on any atom is 0.134 e. The van der Waals surface area contributed by atoms with Gasteiger partial charge in [-0.1, -0.05) is 6.07 Å². The fourth-order valence-electron chi connectivity index (χ4n) is 2.69. The van der Waals surface area contributed by atoms with Crippen LogP contribution in [0.2, 0.25) is 0 Å². The molecule has 0 aliphatic carbocycles. The van der Waals surface area contributed by atoms with Gasteiger partial charge < -0.3 is 9.73 Å². The van der Waals surface area contributed by atoms with E-state index in [1.54, 1.807) is 23.5 Å². The topological polar surface area (TPSA) is 25.2 Å². The smallest absolute Gasteiger partial charge is 0.134 e. The quantitative estimate of drug-likeness (QED) is 0.730. The minimum Gasteiger partial charge on any atom is -0.459 e. The highest BCUT2D eigenvalue weighted by molar-refractivity contribution is 7.09. The molecule has 0 bridgehead atoms. The van der Waals surface area contributed by atoms with E-state index in [1.165, 1.54) is 10.9 Å². The molecule has 3 rings (SSSR count). The summed E-state index contributed by atoms with van der Waals surface area (Å²) in [7, 11) is 1.94. The average Bonchev–Trinajstić information content (AvgIpc) is 3.10. The van der Waals surface area contributed by atoms with Crippen LogP contribution in [0, 0.1) is 12.7 Å². The minimum atomic E-state index is -0.224. The highest BCUT2D eigenvalue weighted by Gasteiger charge is 2.19. The Balaban J connectivity index is 1.87. The molecule has 0 saturated heterocycles. The van der Waals surface area contributed by atoms with Crippen LogP contribution >= 0.6 is 11.3 Å². The Hall–Kier alpha value is -1.65. The molecular weight excluding hydrogens is 285 g/mol. The molecule has 1 N–H and O–H groups in total. The molecule has 3 aromatic rings. The van der Waals surface area contributed by atoms with E-state index in [0.29, 0.717) is 0 Å². The monoisotopic (exact) mass is 303 g/mol. The van der Waals surface area contributed by atoms with Crippen molar-refractivity contribution >= 4 is 22.3 Å². The maximum absolute atomic E-state index is 13.4. The second-order valence-electron chi connectivity index (χ2n) is 5.19. The molecule has 0 amide bonds. The first-order valence-electron chi connectivity index (χ1n) is 7.07. The lowest BCUT2D eigenvalue weighted by atomic mass is 10.0. The molecule has 0 radical (unpaired) electrons. The van der Waals surface area contributed by atoms with Crippen molar-refractivity contribution in [1.29, 1.82) is 0 Å². The zero-order chi connectivity index (χ0) is 14.8. The van der Waals surface area contributed by atoms with Crippen molar-refractivity contribution in [3.8, 4) is 0 Å². The fraction of sp³-hybridized carbons (Fsp3) is 0.294. The normalized spacial score (nSPS) is 12.9. The van der Waals surface area contributed by atoms with Gasteiger partial charge in [0.25, 0.3) is 0 Å². The van der Waals surface area contributed by atoms with Crippen molar-refractivity contribution in [3.05, 3.63) is 57.7 Å². The molecular formula is C17H18FNOS. The van der Waals surface area contributed by atoms with Gasteiger partial charge in [-0.15, -0.1) is 11.3 Å². The first-order valence-corrected chi connectivity index (χ1v) is 7.95. The van der Waals surface area contributed by atoms with Crippen LogP contribution in [0.4, 0.5) is 4.39 Å². The van der Waals surface area contributed by atoms with E-state index < -0.39 is 0 Å². The Morgan fingerprint density at radius 3 is 2.90 bits per heavy atom. The molecule has 0 aliphatic rings. The van der Waals surface area contributed by atoms with Crippen LogP contribution in [-0.4, -0.2) is 7.05 Å². The molecule has 1 atom stereocenters. The molecule has 4 heteroatoms. The standard InChI is InChI=1S/C17H18FNOS/c1-11-14-10-12(18)5-8-16(14)20-17(11)15(19-2)7-6-13-4-3-9-21-13/h3-5,8-10,15,19H,6-7H2,1-2H3. The van der Waals surface area contributed by atoms with Crippen LogP contribution in [-0.2, 0) is 6.42 Å². The van der Waals surface area contributed by atoms with Crippen LogP contribution < -0.4 is 5.32 Å². The molecule has 1 unspecified atom stereocenters. The summed E-state index contributed by atoms with van der Waals surface area (Å²) in [5.41, 5.74) is 1.77. The van der Waals surface area contributed by atoms with Crippen molar-refractivity contribution in [2.45, 2.75) is 25.8 Å². The number of hydrogen-bond donors (Lipinski definition) is 1. The van der Waals surface area contributed by atoms with Crippen LogP contribution in [0.15, 0.2) is 40.1 Å². The van der Waals surface area contributed by atoms with E-state index in [-0.39, 0.29) is 11.9 Å². The summed E-state index contributed by atoms with van der Waals surface area (Å²) < 4.78 is 19.3. The van der Waals surface area contributed by atoms with Crippen molar-refractivity contribution in [1.82, 2.24) is 5.32 Å². The number of fused-ring (bicyclic) bond motifs is 1. The molecule has 1 aromatic carbocycles. The van der Waals surface area contributed by atoms with E-state index in [1.807, 2.05) is 14.0 Å². The largest absolute Gasteiger partial charge is 0.459 e. The van der Waals surface area contributed by atoms with Gasteiger partial charge >= 0.3 is 0 Å². The van der Waals surface area contributed by atoms with Crippen molar-refractivity contribution in [3.63, 3.8) is 0 Å². The Labute approximate surface area is 127 Å². The number of hydrogen-bond acceptors (Lipinski definition) is 3. The average molecular weight is 303 g/mol.